The Balaban J connectivity index is 1.83. The molecular weight excluding hydrogens is 390 g/mol. The first kappa shape index (κ1) is 20.7. The Bertz CT molecular complexity index is 1070. The third-order valence-corrected chi connectivity index (χ3v) is 6.01. The number of hydrogen-bond donors (Lipinski definition) is 1. The summed E-state index contributed by atoms with van der Waals surface area (Å²) in [4.78, 5) is 25.2. The SMILES string of the molecule is CCOC(=O)c1cn(C2CC2)c2c(/C=C\C[C@@H]3CC[C@@H](N)C3)c(F)c(F)cc2c1=O. The summed E-state index contributed by atoms with van der Waals surface area (Å²) in [6.07, 6.45) is 10.2. The highest BCUT2D eigenvalue weighted by molar-refractivity contribution is 5.96. The Kier molecular flexibility index (Phi) is 5.73. The van der Waals surface area contributed by atoms with E-state index in [9.17, 15) is 18.4 Å². The van der Waals surface area contributed by atoms with Gasteiger partial charge in [0.25, 0.3) is 0 Å². The van der Waals surface area contributed by atoms with E-state index in [2.05, 4.69) is 0 Å². The fraction of sp³-hybridized carbons (Fsp3) is 0.478. The number of nitrogens with zero attached hydrogens (tertiary/aromatic N) is 1. The van der Waals surface area contributed by atoms with E-state index in [1.54, 1.807) is 17.6 Å². The van der Waals surface area contributed by atoms with E-state index in [1.807, 2.05) is 6.08 Å². The van der Waals surface area contributed by atoms with Crippen LogP contribution < -0.4 is 11.2 Å². The second-order valence-corrected chi connectivity index (χ2v) is 8.29. The molecule has 0 unspecified atom stereocenters. The zero-order valence-electron chi connectivity index (χ0n) is 17.0. The summed E-state index contributed by atoms with van der Waals surface area (Å²) in [6, 6.07) is 1.14. The second-order valence-electron chi connectivity index (χ2n) is 8.29. The maximum atomic E-state index is 14.8. The second kappa shape index (κ2) is 8.30. The molecule has 30 heavy (non-hydrogen) atoms. The molecule has 160 valence electrons. The number of pyridine rings is 1. The van der Waals surface area contributed by atoms with E-state index in [-0.39, 0.29) is 35.2 Å². The Morgan fingerprint density at radius 3 is 2.70 bits per heavy atom. The molecular formula is C23H26F2N2O3. The molecule has 0 bridgehead atoms. The van der Waals surface area contributed by atoms with E-state index in [0.717, 1.165) is 44.6 Å². The van der Waals surface area contributed by atoms with E-state index >= 15 is 0 Å². The molecule has 2 fully saturated rings. The lowest BCUT2D eigenvalue weighted by Gasteiger charge is -2.16. The molecule has 0 spiro atoms. The summed E-state index contributed by atoms with van der Waals surface area (Å²) >= 11 is 0. The van der Waals surface area contributed by atoms with E-state index in [0.29, 0.717) is 11.4 Å². The number of rotatable bonds is 6. The summed E-state index contributed by atoms with van der Waals surface area (Å²) in [5, 5.41) is -0.00566. The number of ether oxygens (including phenoxy) is 1. The van der Waals surface area contributed by atoms with Crippen molar-refractivity contribution in [3.05, 3.63) is 51.3 Å². The van der Waals surface area contributed by atoms with Crippen LogP contribution in [0.3, 0.4) is 0 Å². The molecule has 2 aliphatic carbocycles. The van der Waals surface area contributed by atoms with Gasteiger partial charge in [0.05, 0.1) is 17.5 Å². The average Bonchev–Trinajstić information content (AvgIpc) is 3.47. The Morgan fingerprint density at radius 2 is 2.07 bits per heavy atom. The third kappa shape index (κ3) is 3.90. The van der Waals surface area contributed by atoms with Crippen LogP contribution in [0.5, 0.6) is 0 Å². The maximum Gasteiger partial charge on any atom is 0.343 e. The molecule has 1 heterocycles. The number of carbonyl (C=O) groups is 1. The van der Waals surface area contributed by atoms with Crippen molar-refractivity contribution in [1.82, 2.24) is 4.57 Å². The Labute approximate surface area is 173 Å². The van der Waals surface area contributed by atoms with Gasteiger partial charge in [-0.15, -0.1) is 0 Å². The predicted molar refractivity (Wildman–Crippen MR) is 111 cm³/mol. The van der Waals surface area contributed by atoms with Crippen molar-refractivity contribution in [2.45, 2.75) is 57.5 Å². The van der Waals surface area contributed by atoms with Crippen molar-refractivity contribution in [3.63, 3.8) is 0 Å². The molecule has 2 aliphatic rings. The first-order chi connectivity index (χ1) is 14.4. The number of aromatic nitrogens is 1. The quantitative estimate of drug-likeness (QED) is 0.712. The highest BCUT2D eigenvalue weighted by Gasteiger charge is 2.29. The van der Waals surface area contributed by atoms with Crippen LogP contribution in [-0.2, 0) is 4.74 Å². The van der Waals surface area contributed by atoms with Crippen LogP contribution in [0.25, 0.3) is 17.0 Å². The lowest BCUT2D eigenvalue weighted by molar-refractivity contribution is 0.0524. The van der Waals surface area contributed by atoms with Crippen molar-refractivity contribution in [3.8, 4) is 0 Å². The smallest absolute Gasteiger partial charge is 0.343 e. The molecule has 2 N–H and O–H groups in total. The maximum absolute atomic E-state index is 14.8. The number of carbonyl (C=O) groups excluding carboxylic acids is 1. The van der Waals surface area contributed by atoms with Crippen molar-refractivity contribution >= 4 is 22.9 Å². The minimum atomic E-state index is -1.11. The van der Waals surface area contributed by atoms with E-state index in [4.69, 9.17) is 10.5 Å². The monoisotopic (exact) mass is 416 g/mol. The van der Waals surface area contributed by atoms with Crippen molar-refractivity contribution < 1.29 is 18.3 Å². The molecule has 1 aromatic heterocycles. The van der Waals surface area contributed by atoms with Crippen LogP contribution in [-0.4, -0.2) is 23.2 Å². The van der Waals surface area contributed by atoms with Gasteiger partial charge in [-0.05, 0) is 57.4 Å². The molecule has 0 saturated heterocycles. The molecule has 2 saturated carbocycles. The standard InChI is InChI=1S/C23H26F2N2O3/c1-2-30-23(29)18-12-27(15-8-9-15)21-16(5-3-4-13-6-7-14(26)10-13)20(25)19(24)11-17(21)22(18)28/h3,5,11-15H,2,4,6-10,26H2,1H3/b5-3-/t13-,14-/m1/s1. The zero-order valence-corrected chi connectivity index (χ0v) is 17.0. The lowest BCUT2D eigenvalue weighted by Crippen LogP contribution is -2.21. The van der Waals surface area contributed by atoms with Gasteiger partial charge < -0.3 is 15.0 Å². The number of halogens is 2. The topological polar surface area (TPSA) is 74.3 Å². The van der Waals surface area contributed by atoms with Gasteiger partial charge in [-0.1, -0.05) is 12.2 Å². The summed E-state index contributed by atoms with van der Waals surface area (Å²) in [5.74, 6) is -2.41. The molecule has 0 radical (unpaired) electrons. The average molecular weight is 416 g/mol. The molecule has 2 atom stereocenters. The van der Waals surface area contributed by atoms with Gasteiger partial charge in [0, 0.05) is 23.8 Å². The van der Waals surface area contributed by atoms with Gasteiger partial charge in [-0.2, -0.15) is 0 Å². The van der Waals surface area contributed by atoms with E-state index < -0.39 is 23.0 Å². The molecule has 5 nitrogen and oxygen atoms in total. The highest BCUT2D eigenvalue weighted by atomic mass is 19.2. The van der Waals surface area contributed by atoms with Gasteiger partial charge in [-0.25, -0.2) is 13.6 Å². The number of hydrogen-bond acceptors (Lipinski definition) is 4. The van der Waals surface area contributed by atoms with Crippen LogP contribution in [0, 0.1) is 17.6 Å². The Morgan fingerprint density at radius 1 is 1.30 bits per heavy atom. The van der Waals surface area contributed by atoms with Gasteiger partial charge in [0.15, 0.2) is 11.6 Å². The van der Waals surface area contributed by atoms with Crippen LogP contribution in [0.1, 0.15) is 67.4 Å². The number of allylic oxidation sites excluding steroid dienone is 1. The molecule has 4 rings (SSSR count). The minimum absolute atomic E-state index is 0.00566. The normalized spacial score (nSPS) is 21.6. The molecule has 2 aromatic rings. The number of benzene rings is 1. The minimum Gasteiger partial charge on any atom is -0.462 e. The summed E-state index contributed by atoms with van der Waals surface area (Å²) < 4.78 is 35.9. The van der Waals surface area contributed by atoms with Crippen molar-refractivity contribution in [2.75, 3.05) is 6.61 Å². The summed E-state index contributed by atoms with van der Waals surface area (Å²) in [7, 11) is 0. The van der Waals surface area contributed by atoms with Crippen LogP contribution >= 0.6 is 0 Å². The van der Waals surface area contributed by atoms with Crippen LogP contribution in [0.4, 0.5) is 8.78 Å². The third-order valence-electron chi connectivity index (χ3n) is 6.01. The first-order valence-corrected chi connectivity index (χ1v) is 10.6. The fourth-order valence-electron chi connectivity index (χ4n) is 4.35. The Hall–Kier alpha value is -2.54. The largest absolute Gasteiger partial charge is 0.462 e. The zero-order chi connectivity index (χ0) is 21.4. The number of esters is 1. The van der Waals surface area contributed by atoms with Gasteiger partial charge >= 0.3 is 5.97 Å². The van der Waals surface area contributed by atoms with Crippen molar-refractivity contribution in [1.29, 1.82) is 0 Å². The molecule has 0 aliphatic heterocycles. The first-order valence-electron chi connectivity index (χ1n) is 10.6. The predicted octanol–water partition coefficient (Wildman–Crippen LogP) is 4.32. The molecule has 0 amide bonds. The van der Waals surface area contributed by atoms with E-state index in [1.165, 1.54) is 6.20 Å². The van der Waals surface area contributed by atoms with Crippen LogP contribution in [0.15, 0.2) is 23.1 Å². The molecule has 7 heteroatoms. The van der Waals surface area contributed by atoms with Gasteiger partial charge in [-0.3, -0.25) is 4.79 Å². The lowest BCUT2D eigenvalue weighted by atomic mass is 10.0. The van der Waals surface area contributed by atoms with Crippen LogP contribution in [0.2, 0.25) is 0 Å². The summed E-state index contributed by atoms with van der Waals surface area (Å²) in [6.45, 7) is 1.77. The summed E-state index contributed by atoms with van der Waals surface area (Å²) in [5.41, 5.74) is 5.53. The number of fused-ring (bicyclic) bond motifs is 1. The molecule has 1 aromatic carbocycles. The highest BCUT2D eigenvalue weighted by Crippen LogP contribution is 2.39. The van der Waals surface area contributed by atoms with Gasteiger partial charge in [0.1, 0.15) is 5.56 Å². The fourth-order valence-corrected chi connectivity index (χ4v) is 4.35. The van der Waals surface area contributed by atoms with Crippen molar-refractivity contribution in [2.24, 2.45) is 11.7 Å². The number of nitrogens with two attached hydrogens (primary N) is 1. The van der Waals surface area contributed by atoms with Gasteiger partial charge in [0.2, 0.25) is 5.43 Å².